The van der Waals surface area contributed by atoms with Crippen LogP contribution in [0.15, 0.2) is 33.6 Å². The molecule has 1 atom stereocenters. The van der Waals surface area contributed by atoms with Crippen molar-refractivity contribution in [2.24, 2.45) is 5.73 Å². The topological polar surface area (TPSA) is 26.0 Å². The molecule has 1 unspecified atom stereocenters. The Bertz CT molecular complexity index is 240. The maximum atomic E-state index is 5.79. The summed E-state index contributed by atoms with van der Waals surface area (Å²) >= 11 is 5.10. The Labute approximate surface area is 98.0 Å². The van der Waals surface area contributed by atoms with E-state index in [0.717, 1.165) is 10.9 Å². The number of thioether (sulfide) groups is 1. The van der Waals surface area contributed by atoms with Gasteiger partial charge in [-0.15, -0.1) is 24.2 Å². The van der Waals surface area contributed by atoms with E-state index >= 15 is 0 Å². The molecule has 0 saturated carbocycles. The molecule has 1 aromatic carbocycles. The van der Waals surface area contributed by atoms with Crippen molar-refractivity contribution in [2.75, 3.05) is 0 Å². The van der Waals surface area contributed by atoms with E-state index in [1.165, 1.54) is 4.90 Å². The number of benzene rings is 1. The maximum absolute atomic E-state index is 5.79. The molecule has 0 amide bonds. The Kier molecular flexibility index (Phi) is 6.86. The second-order valence-electron chi connectivity index (χ2n) is 2.52. The van der Waals surface area contributed by atoms with Crippen LogP contribution in [-0.2, 0) is 0 Å². The Hall–Kier alpha value is 0.300. The molecule has 0 aliphatic rings. The lowest BCUT2D eigenvalue weighted by molar-refractivity contribution is 0.868. The molecule has 4 heteroatoms. The molecule has 0 heterocycles. The highest BCUT2D eigenvalue weighted by atomic mass is 79.9. The first-order valence-corrected chi connectivity index (χ1v) is 5.57. The summed E-state index contributed by atoms with van der Waals surface area (Å²) < 4.78 is 1.11. The van der Waals surface area contributed by atoms with Crippen LogP contribution in [0.3, 0.4) is 0 Å². The first-order valence-electron chi connectivity index (χ1n) is 3.90. The van der Waals surface area contributed by atoms with Crippen LogP contribution in [0.25, 0.3) is 0 Å². The molecule has 0 aliphatic heterocycles. The summed E-state index contributed by atoms with van der Waals surface area (Å²) in [6.45, 7) is 2.09. The summed E-state index contributed by atoms with van der Waals surface area (Å²) in [5, 5.41) is 0.214. The van der Waals surface area contributed by atoms with Crippen LogP contribution in [0.2, 0.25) is 0 Å². The van der Waals surface area contributed by atoms with Crippen LogP contribution in [0.4, 0.5) is 0 Å². The molecule has 0 spiro atoms. The fourth-order valence-electron chi connectivity index (χ4n) is 0.771. The van der Waals surface area contributed by atoms with Gasteiger partial charge in [0.05, 0.1) is 5.37 Å². The number of rotatable bonds is 3. The summed E-state index contributed by atoms with van der Waals surface area (Å²) in [6, 6.07) is 8.21. The molecule has 1 nitrogen and oxygen atoms in total. The Morgan fingerprint density at radius 3 is 2.38 bits per heavy atom. The number of halogens is 2. The molecule has 0 aliphatic carbocycles. The smallest absolute Gasteiger partial charge is 0.0551 e. The van der Waals surface area contributed by atoms with E-state index in [1.54, 1.807) is 11.8 Å². The van der Waals surface area contributed by atoms with Crippen molar-refractivity contribution < 1.29 is 0 Å². The predicted octanol–water partition coefficient (Wildman–Crippen LogP) is 3.66. The Morgan fingerprint density at radius 1 is 1.38 bits per heavy atom. The van der Waals surface area contributed by atoms with Crippen molar-refractivity contribution in [2.45, 2.75) is 23.6 Å². The van der Waals surface area contributed by atoms with Crippen LogP contribution in [0.5, 0.6) is 0 Å². The van der Waals surface area contributed by atoms with E-state index < -0.39 is 0 Å². The van der Waals surface area contributed by atoms with Crippen molar-refractivity contribution in [1.29, 1.82) is 0 Å². The summed E-state index contributed by atoms with van der Waals surface area (Å²) in [5.41, 5.74) is 5.79. The maximum Gasteiger partial charge on any atom is 0.0551 e. The molecule has 0 bridgehead atoms. The first-order chi connectivity index (χ1) is 5.72. The zero-order valence-electron chi connectivity index (χ0n) is 7.37. The van der Waals surface area contributed by atoms with Crippen LogP contribution < -0.4 is 5.73 Å². The van der Waals surface area contributed by atoms with Gasteiger partial charge in [-0.25, -0.2) is 0 Å². The van der Waals surface area contributed by atoms with E-state index in [1.807, 2.05) is 12.1 Å². The third-order valence-electron chi connectivity index (χ3n) is 1.50. The van der Waals surface area contributed by atoms with Crippen LogP contribution >= 0.6 is 40.1 Å². The van der Waals surface area contributed by atoms with Crippen molar-refractivity contribution in [1.82, 2.24) is 0 Å². The molecule has 0 radical (unpaired) electrons. The fraction of sp³-hybridized carbons (Fsp3) is 0.333. The van der Waals surface area contributed by atoms with Gasteiger partial charge in [-0.05, 0) is 30.7 Å². The average Bonchev–Trinajstić information content (AvgIpc) is 2.09. The van der Waals surface area contributed by atoms with Gasteiger partial charge in [0, 0.05) is 9.37 Å². The molecule has 13 heavy (non-hydrogen) atoms. The molecular weight excluding hydrogens is 270 g/mol. The highest BCUT2D eigenvalue weighted by molar-refractivity contribution is 9.10. The van der Waals surface area contributed by atoms with E-state index in [9.17, 15) is 0 Å². The molecule has 2 N–H and O–H groups in total. The van der Waals surface area contributed by atoms with E-state index in [0.29, 0.717) is 0 Å². The third-order valence-corrected chi connectivity index (χ3v) is 3.21. The monoisotopic (exact) mass is 281 g/mol. The molecule has 0 saturated heterocycles. The highest BCUT2D eigenvalue weighted by Gasteiger charge is 2.00. The molecule has 1 aromatic rings. The molecular formula is C9H13BrClNS. The van der Waals surface area contributed by atoms with Crippen LogP contribution in [0, 0.1) is 0 Å². The molecule has 0 aromatic heterocycles. The van der Waals surface area contributed by atoms with Crippen LogP contribution in [0.1, 0.15) is 13.3 Å². The standard InChI is InChI=1S/C9H12BrNS.ClH/c1-2-9(11)12-8-5-3-7(10)4-6-8;/h3-6,9H,2,11H2,1H3;1H. The highest BCUT2D eigenvalue weighted by Crippen LogP contribution is 2.23. The molecule has 74 valence electrons. The second kappa shape index (κ2) is 6.71. The summed E-state index contributed by atoms with van der Waals surface area (Å²) in [5.74, 6) is 0. The number of hydrogen-bond donors (Lipinski definition) is 1. The predicted molar refractivity (Wildman–Crippen MR) is 65.5 cm³/mol. The van der Waals surface area contributed by atoms with Gasteiger partial charge in [-0.1, -0.05) is 22.9 Å². The summed E-state index contributed by atoms with van der Waals surface area (Å²) in [7, 11) is 0. The minimum Gasteiger partial charge on any atom is -0.319 e. The zero-order valence-corrected chi connectivity index (χ0v) is 10.6. The van der Waals surface area contributed by atoms with Crippen molar-refractivity contribution in [3.63, 3.8) is 0 Å². The first kappa shape index (κ1) is 13.3. The van der Waals surface area contributed by atoms with E-state index in [4.69, 9.17) is 5.73 Å². The third kappa shape index (κ3) is 4.91. The van der Waals surface area contributed by atoms with Gasteiger partial charge in [0.15, 0.2) is 0 Å². The minimum atomic E-state index is 0. The van der Waals surface area contributed by atoms with E-state index in [-0.39, 0.29) is 17.8 Å². The van der Waals surface area contributed by atoms with Crippen molar-refractivity contribution >= 4 is 40.1 Å². The van der Waals surface area contributed by atoms with Crippen molar-refractivity contribution in [3.8, 4) is 0 Å². The normalized spacial score (nSPS) is 11.9. The Balaban J connectivity index is 0.00000144. The molecule has 1 rings (SSSR count). The van der Waals surface area contributed by atoms with Gasteiger partial charge in [0.2, 0.25) is 0 Å². The lowest BCUT2D eigenvalue weighted by Crippen LogP contribution is -2.12. The van der Waals surface area contributed by atoms with Gasteiger partial charge in [0.25, 0.3) is 0 Å². The van der Waals surface area contributed by atoms with Gasteiger partial charge in [-0.3, -0.25) is 0 Å². The lowest BCUT2D eigenvalue weighted by Gasteiger charge is -2.07. The van der Waals surface area contributed by atoms with Gasteiger partial charge in [-0.2, -0.15) is 0 Å². The van der Waals surface area contributed by atoms with Gasteiger partial charge < -0.3 is 5.73 Å². The quantitative estimate of drug-likeness (QED) is 0.676. The lowest BCUT2D eigenvalue weighted by atomic mass is 10.4. The minimum absolute atomic E-state index is 0. The fourth-order valence-corrected chi connectivity index (χ4v) is 1.85. The Morgan fingerprint density at radius 2 is 1.92 bits per heavy atom. The van der Waals surface area contributed by atoms with Crippen LogP contribution in [-0.4, -0.2) is 5.37 Å². The second-order valence-corrected chi connectivity index (χ2v) is 4.75. The van der Waals surface area contributed by atoms with Crippen molar-refractivity contribution in [3.05, 3.63) is 28.7 Å². The zero-order chi connectivity index (χ0) is 8.97. The summed E-state index contributed by atoms with van der Waals surface area (Å²) in [6.07, 6.45) is 1.00. The average molecular weight is 283 g/mol. The van der Waals surface area contributed by atoms with E-state index in [2.05, 4.69) is 35.0 Å². The SMILES string of the molecule is CCC(N)Sc1ccc(Br)cc1.Cl. The summed E-state index contributed by atoms with van der Waals surface area (Å²) in [4.78, 5) is 1.23. The number of nitrogens with two attached hydrogens (primary N) is 1. The van der Waals surface area contributed by atoms with Gasteiger partial charge in [0.1, 0.15) is 0 Å². The molecule has 0 fully saturated rings. The van der Waals surface area contributed by atoms with Gasteiger partial charge >= 0.3 is 0 Å². The number of hydrogen-bond acceptors (Lipinski definition) is 2. The largest absolute Gasteiger partial charge is 0.319 e.